The van der Waals surface area contributed by atoms with E-state index in [0.717, 1.165) is 17.7 Å². The van der Waals surface area contributed by atoms with Crippen molar-refractivity contribution in [1.29, 1.82) is 0 Å². The summed E-state index contributed by atoms with van der Waals surface area (Å²) in [5, 5.41) is 0. The Bertz CT molecular complexity index is 571. The van der Waals surface area contributed by atoms with Gasteiger partial charge in [-0.25, -0.2) is 15.0 Å². The lowest BCUT2D eigenvalue weighted by atomic mass is 10.1. The predicted molar refractivity (Wildman–Crippen MR) is 107 cm³/mol. The smallest absolute Gasteiger partial charge is 0.188 e. The lowest BCUT2D eigenvalue weighted by Gasteiger charge is -2.06. The molecule has 0 bridgehead atoms. The van der Waals surface area contributed by atoms with Crippen molar-refractivity contribution in [2.45, 2.75) is 59.7 Å². The van der Waals surface area contributed by atoms with Crippen LogP contribution < -0.4 is 0 Å². The molecule has 0 aromatic carbocycles. The molecule has 0 amide bonds. The largest absolute Gasteiger partial charge is 0.478 e. The molecule has 0 unspecified atom stereocenters. The summed E-state index contributed by atoms with van der Waals surface area (Å²) in [4.78, 5) is 14.6. The molecule has 0 aromatic heterocycles. The van der Waals surface area contributed by atoms with E-state index in [-0.39, 0.29) is 35.9 Å². The summed E-state index contributed by atoms with van der Waals surface area (Å²) < 4.78 is 18.0. The van der Waals surface area contributed by atoms with Crippen molar-refractivity contribution >= 4 is 17.7 Å². The number of rotatable bonds is 6. The summed E-state index contributed by atoms with van der Waals surface area (Å²) in [6.45, 7) is 15.2. The van der Waals surface area contributed by atoms with E-state index in [0.29, 0.717) is 37.6 Å². The van der Waals surface area contributed by atoms with Crippen molar-refractivity contribution in [3.05, 3.63) is 0 Å². The molecule has 0 saturated heterocycles. The Labute approximate surface area is 162 Å². The van der Waals surface area contributed by atoms with E-state index >= 15 is 0 Å². The molecule has 0 N–H and O–H groups in total. The van der Waals surface area contributed by atoms with Crippen LogP contribution in [0, 0.1) is 35.5 Å². The maximum atomic E-state index is 6.01. The van der Waals surface area contributed by atoms with Crippen molar-refractivity contribution in [2.75, 3.05) is 19.8 Å². The topological polar surface area (TPSA) is 64.8 Å². The Balaban J connectivity index is 1.57. The number of aliphatic imine (C=N–C) groups is 3. The Morgan fingerprint density at radius 2 is 0.815 bits per heavy atom. The van der Waals surface area contributed by atoms with Gasteiger partial charge in [-0.2, -0.15) is 0 Å². The first kappa shape index (κ1) is 18.8. The molecular formula is C21H33N3O3. The SMILES string of the molecule is CC(C)[C@@H]1COC(C2C(C3=N[C@H](C(C)C)CO3)C2C2=N[C@H](C(C)C)CO2)=N1. The third kappa shape index (κ3) is 3.47. The van der Waals surface area contributed by atoms with Gasteiger partial charge in [-0.15, -0.1) is 0 Å². The lowest BCUT2D eigenvalue weighted by Crippen LogP contribution is -2.13. The minimum absolute atomic E-state index is 0.156. The van der Waals surface area contributed by atoms with Crippen LogP contribution in [0.4, 0.5) is 0 Å². The van der Waals surface area contributed by atoms with E-state index in [9.17, 15) is 0 Å². The molecule has 1 saturated carbocycles. The molecule has 4 rings (SSSR count). The summed E-state index contributed by atoms with van der Waals surface area (Å²) in [6, 6.07) is 0.727. The van der Waals surface area contributed by atoms with E-state index < -0.39 is 0 Å². The highest BCUT2D eigenvalue weighted by atomic mass is 16.5. The van der Waals surface area contributed by atoms with E-state index in [2.05, 4.69) is 41.5 Å². The van der Waals surface area contributed by atoms with Crippen LogP contribution in [0.5, 0.6) is 0 Å². The summed E-state index contributed by atoms with van der Waals surface area (Å²) in [6.07, 6.45) is 0. The van der Waals surface area contributed by atoms with Crippen LogP contribution in [0.3, 0.4) is 0 Å². The monoisotopic (exact) mass is 375 g/mol. The molecule has 3 aliphatic heterocycles. The maximum absolute atomic E-state index is 6.01. The second-order valence-corrected chi connectivity index (χ2v) is 9.35. The molecular weight excluding hydrogens is 342 g/mol. The van der Waals surface area contributed by atoms with E-state index in [1.165, 1.54) is 0 Å². The summed E-state index contributed by atoms with van der Waals surface area (Å²) in [5.74, 6) is 4.46. The van der Waals surface area contributed by atoms with E-state index in [1.807, 2.05) is 0 Å². The average Bonchev–Trinajstić information content (AvgIpc) is 3.12. The van der Waals surface area contributed by atoms with Gasteiger partial charge in [0.25, 0.3) is 0 Å². The minimum Gasteiger partial charge on any atom is -0.478 e. The number of hydrogen-bond acceptors (Lipinski definition) is 6. The van der Waals surface area contributed by atoms with Gasteiger partial charge in [0.05, 0.1) is 35.9 Å². The summed E-state index contributed by atoms with van der Waals surface area (Å²) >= 11 is 0. The first-order valence-corrected chi connectivity index (χ1v) is 10.5. The van der Waals surface area contributed by atoms with Crippen molar-refractivity contribution in [1.82, 2.24) is 0 Å². The molecule has 3 heterocycles. The van der Waals surface area contributed by atoms with Crippen molar-refractivity contribution in [2.24, 2.45) is 50.5 Å². The van der Waals surface area contributed by atoms with Gasteiger partial charge in [-0.3, -0.25) is 0 Å². The van der Waals surface area contributed by atoms with Crippen LogP contribution in [0.25, 0.3) is 0 Å². The lowest BCUT2D eigenvalue weighted by molar-refractivity contribution is 0.277. The molecule has 3 atom stereocenters. The first-order chi connectivity index (χ1) is 12.9. The van der Waals surface area contributed by atoms with E-state index in [4.69, 9.17) is 29.2 Å². The van der Waals surface area contributed by atoms with Crippen LogP contribution in [-0.2, 0) is 14.2 Å². The van der Waals surface area contributed by atoms with Crippen LogP contribution in [-0.4, -0.2) is 55.6 Å². The molecule has 1 fully saturated rings. The third-order valence-corrected chi connectivity index (χ3v) is 6.27. The standard InChI is InChI=1S/C21H33N3O3/c1-10(2)13-7-25-19(22-13)16-17(20-23-14(8-26-20)11(3)4)18(16)21-24-15(9-27-21)12(5)6/h10-18H,7-9H2,1-6H3/t13-,14-,15-,16?,17?,18?/m0/s1. The number of nitrogens with zero attached hydrogens (tertiary/aromatic N) is 3. The molecule has 6 heteroatoms. The first-order valence-electron chi connectivity index (χ1n) is 10.5. The molecule has 1 aliphatic carbocycles. The normalized spacial score (nSPS) is 37.9. The Hall–Kier alpha value is -1.59. The quantitative estimate of drug-likeness (QED) is 0.716. The Kier molecular flexibility index (Phi) is 4.93. The Morgan fingerprint density at radius 1 is 0.556 bits per heavy atom. The molecule has 0 aromatic rings. The third-order valence-electron chi connectivity index (χ3n) is 6.27. The van der Waals surface area contributed by atoms with Gasteiger partial charge >= 0.3 is 0 Å². The van der Waals surface area contributed by atoms with Crippen LogP contribution in [0.2, 0.25) is 0 Å². The fourth-order valence-corrected chi connectivity index (χ4v) is 4.03. The van der Waals surface area contributed by atoms with Gasteiger partial charge in [0.15, 0.2) is 17.7 Å². The Morgan fingerprint density at radius 3 is 1.00 bits per heavy atom. The molecule has 27 heavy (non-hydrogen) atoms. The van der Waals surface area contributed by atoms with Crippen molar-refractivity contribution < 1.29 is 14.2 Å². The maximum Gasteiger partial charge on any atom is 0.188 e. The van der Waals surface area contributed by atoms with Gasteiger partial charge < -0.3 is 14.2 Å². The number of hydrogen-bond donors (Lipinski definition) is 0. The number of ether oxygens (including phenoxy) is 3. The minimum atomic E-state index is 0.156. The van der Waals surface area contributed by atoms with Crippen molar-refractivity contribution in [3.63, 3.8) is 0 Å². The fraction of sp³-hybridized carbons (Fsp3) is 0.857. The van der Waals surface area contributed by atoms with Crippen LogP contribution >= 0.6 is 0 Å². The zero-order chi connectivity index (χ0) is 19.3. The van der Waals surface area contributed by atoms with Gasteiger partial charge in [0.2, 0.25) is 0 Å². The summed E-state index contributed by atoms with van der Waals surface area (Å²) in [7, 11) is 0. The zero-order valence-corrected chi connectivity index (χ0v) is 17.4. The predicted octanol–water partition coefficient (Wildman–Crippen LogP) is 3.21. The van der Waals surface area contributed by atoms with Crippen LogP contribution in [0.1, 0.15) is 41.5 Å². The molecule has 0 spiro atoms. The van der Waals surface area contributed by atoms with Gasteiger partial charge in [-0.05, 0) is 17.8 Å². The molecule has 150 valence electrons. The van der Waals surface area contributed by atoms with Gasteiger partial charge in [0.1, 0.15) is 19.8 Å². The molecule has 6 nitrogen and oxygen atoms in total. The molecule has 4 aliphatic rings. The van der Waals surface area contributed by atoms with Crippen LogP contribution in [0.15, 0.2) is 15.0 Å². The summed E-state index contributed by atoms with van der Waals surface area (Å²) in [5.41, 5.74) is 0. The zero-order valence-electron chi connectivity index (χ0n) is 17.4. The van der Waals surface area contributed by atoms with Crippen molar-refractivity contribution in [3.8, 4) is 0 Å². The highest BCUT2D eigenvalue weighted by Crippen LogP contribution is 2.52. The highest BCUT2D eigenvalue weighted by molar-refractivity contribution is 6.03. The highest BCUT2D eigenvalue weighted by Gasteiger charge is 2.64. The second-order valence-electron chi connectivity index (χ2n) is 9.35. The second kappa shape index (κ2) is 7.10. The average molecular weight is 376 g/mol. The van der Waals surface area contributed by atoms with Gasteiger partial charge in [0, 0.05) is 0 Å². The fourth-order valence-electron chi connectivity index (χ4n) is 4.03. The molecule has 0 radical (unpaired) electrons. The van der Waals surface area contributed by atoms with Gasteiger partial charge in [-0.1, -0.05) is 41.5 Å². The van der Waals surface area contributed by atoms with E-state index in [1.54, 1.807) is 0 Å².